The summed E-state index contributed by atoms with van der Waals surface area (Å²) in [6.45, 7) is 6.59. The van der Waals surface area contributed by atoms with E-state index < -0.39 is 5.60 Å². The maximum absolute atomic E-state index is 12.6. The van der Waals surface area contributed by atoms with Gasteiger partial charge in [-0.1, -0.05) is 6.07 Å². The van der Waals surface area contributed by atoms with E-state index in [1.165, 1.54) is 6.33 Å². The molecule has 0 unspecified atom stereocenters. The van der Waals surface area contributed by atoms with Crippen molar-refractivity contribution in [3.63, 3.8) is 0 Å². The van der Waals surface area contributed by atoms with Crippen molar-refractivity contribution >= 4 is 28.6 Å². The largest absolute Gasteiger partial charge is 0.459 e. The lowest BCUT2D eigenvalue weighted by Gasteiger charge is -2.20. The summed E-state index contributed by atoms with van der Waals surface area (Å²) < 4.78 is 5.26. The monoisotopic (exact) mass is 371 g/mol. The summed E-state index contributed by atoms with van der Waals surface area (Å²) in [5, 5.41) is 3.80. The molecule has 0 radical (unpaired) electrons. The molecule has 1 fully saturated rings. The van der Waals surface area contributed by atoms with Crippen LogP contribution in [0.3, 0.4) is 0 Å². The van der Waals surface area contributed by atoms with Gasteiger partial charge in [0.05, 0.1) is 18.1 Å². The van der Waals surface area contributed by atoms with Gasteiger partial charge in [-0.2, -0.15) is 0 Å². The Balaban J connectivity index is 1.58. The number of likely N-dealkylation sites (tertiary alicyclic amines) is 1. The average molecular weight is 371 g/mol. The maximum Gasteiger partial charge on any atom is 0.320 e. The van der Waals surface area contributed by atoms with Crippen LogP contribution in [0, 0.1) is 0 Å². The number of ether oxygens (including phenoxy) is 1. The fourth-order valence-corrected chi connectivity index (χ4v) is 3.11. The number of amides is 1. The standard InChI is InChI=1S/C19H25N5O3/c1-19(2,3)27-16(25)9-21-14-6-7-24(18(14)26)10-12-4-5-13-15(8-12)22-11-23-17(13)20/h4-5,8,11,14,21H,6-7,9-10H2,1-3H3,(H2,20,22,23)/t14-/m1/s1. The third kappa shape index (κ3) is 4.71. The van der Waals surface area contributed by atoms with E-state index in [0.717, 1.165) is 16.5 Å². The Bertz CT molecular complexity index is 862. The summed E-state index contributed by atoms with van der Waals surface area (Å²) in [4.78, 5) is 34.4. The van der Waals surface area contributed by atoms with Crippen molar-refractivity contribution in [2.45, 2.75) is 45.4 Å². The SMILES string of the molecule is CC(C)(C)OC(=O)CN[C@@H]1CCN(Cc2ccc3c(N)ncnc3c2)C1=O. The van der Waals surface area contributed by atoms with Crippen LogP contribution in [-0.2, 0) is 20.9 Å². The molecule has 0 bridgehead atoms. The molecule has 1 aromatic carbocycles. The van der Waals surface area contributed by atoms with Crippen LogP contribution in [0.1, 0.15) is 32.8 Å². The van der Waals surface area contributed by atoms with Crippen molar-refractivity contribution in [1.82, 2.24) is 20.2 Å². The molecule has 8 nitrogen and oxygen atoms in total. The van der Waals surface area contributed by atoms with Gasteiger partial charge in [0.25, 0.3) is 0 Å². The minimum atomic E-state index is -0.534. The number of benzene rings is 1. The molecule has 27 heavy (non-hydrogen) atoms. The number of nitrogens with zero attached hydrogens (tertiary/aromatic N) is 3. The highest BCUT2D eigenvalue weighted by Crippen LogP contribution is 2.21. The summed E-state index contributed by atoms with van der Waals surface area (Å²) in [6, 6.07) is 5.36. The first kappa shape index (κ1) is 19.0. The molecule has 0 spiro atoms. The summed E-state index contributed by atoms with van der Waals surface area (Å²) in [7, 11) is 0. The van der Waals surface area contributed by atoms with Crippen molar-refractivity contribution in [2.24, 2.45) is 0 Å². The second-order valence-corrected chi connectivity index (χ2v) is 7.68. The number of carbonyl (C=O) groups excluding carboxylic acids is 2. The van der Waals surface area contributed by atoms with Crippen LogP contribution in [-0.4, -0.2) is 51.5 Å². The number of nitrogens with one attached hydrogen (secondary N) is 1. The van der Waals surface area contributed by atoms with Crippen molar-refractivity contribution in [2.75, 3.05) is 18.8 Å². The summed E-state index contributed by atoms with van der Waals surface area (Å²) in [5.41, 5.74) is 7.04. The molecule has 2 heterocycles. The van der Waals surface area contributed by atoms with Gasteiger partial charge in [-0.3, -0.25) is 14.9 Å². The topological polar surface area (TPSA) is 110 Å². The van der Waals surface area contributed by atoms with Gasteiger partial charge in [0, 0.05) is 18.5 Å². The molecular weight excluding hydrogens is 346 g/mol. The lowest BCUT2D eigenvalue weighted by Crippen LogP contribution is -2.41. The zero-order chi connectivity index (χ0) is 19.6. The van der Waals surface area contributed by atoms with Gasteiger partial charge >= 0.3 is 5.97 Å². The number of carbonyl (C=O) groups is 2. The molecule has 0 aliphatic carbocycles. The van der Waals surface area contributed by atoms with Gasteiger partial charge in [-0.15, -0.1) is 0 Å². The van der Waals surface area contributed by atoms with Crippen molar-refractivity contribution in [1.29, 1.82) is 0 Å². The van der Waals surface area contributed by atoms with Crippen molar-refractivity contribution < 1.29 is 14.3 Å². The Morgan fingerprint density at radius 1 is 1.37 bits per heavy atom. The first-order chi connectivity index (χ1) is 12.7. The number of aromatic nitrogens is 2. The number of hydrogen-bond acceptors (Lipinski definition) is 7. The summed E-state index contributed by atoms with van der Waals surface area (Å²) >= 11 is 0. The fraction of sp³-hybridized carbons (Fsp3) is 0.474. The van der Waals surface area contributed by atoms with Crippen LogP contribution in [0.4, 0.5) is 5.82 Å². The Hall–Kier alpha value is -2.74. The first-order valence-electron chi connectivity index (χ1n) is 8.96. The third-order valence-electron chi connectivity index (χ3n) is 4.32. The molecule has 8 heteroatoms. The predicted octanol–water partition coefficient (Wildman–Crippen LogP) is 1.24. The first-order valence-corrected chi connectivity index (χ1v) is 8.96. The molecular formula is C19H25N5O3. The van der Waals surface area contributed by atoms with E-state index in [9.17, 15) is 9.59 Å². The summed E-state index contributed by atoms with van der Waals surface area (Å²) in [6.07, 6.45) is 2.09. The van der Waals surface area contributed by atoms with E-state index in [1.54, 1.807) is 4.90 Å². The number of rotatable bonds is 5. The minimum Gasteiger partial charge on any atom is -0.459 e. The molecule has 3 rings (SSSR count). The smallest absolute Gasteiger partial charge is 0.320 e. The van der Waals surface area contributed by atoms with Gasteiger partial charge in [0.15, 0.2) is 0 Å². The highest BCUT2D eigenvalue weighted by Gasteiger charge is 2.32. The second-order valence-electron chi connectivity index (χ2n) is 7.68. The molecule has 144 valence electrons. The van der Waals surface area contributed by atoms with Crippen LogP contribution in [0.25, 0.3) is 10.9 Å². The number of nitrogens with two attached hydrogens (primary N) is 1. The molecule has 0 saturated carbocycles. The molecule has 2 aromatic rings. The molecule has 1 saturated heterocycles. The number of esters is 1. The highest BCUT2D eigenvalue weighted by atomic mass is 16.6. The van der Waals surface area contributed by atoms with Crippen LogP contribution in [0.15, 0.2) is 24.5 Å². The Morgan fingerprint density at radius 3 is 2.89 bits per heavy atom. The molecule has 1 aliphatic rings. The zero-order valence-corrected chi connectivity index (χ0v) is 15.9. The quantitative estimate of drug-likeness (QED) is 0.761. The van der Waals surface area contributed by atoms with E-state index in [1.807, 2.05) is 39.0 Å². The van der Waals surface area contributed by atoms with E-state index in [2.05, 4.69) is 15.3 Å². The molecule has 3 N–H and O–H groups in total. The van der Waals surface area contributed by atoms with Crippen LogP contribution in [0.2, 0.25) is 0 Å². The number of fused-ring (bicyclic) bond motifs is 1. The average Bonchev–Trinajstić information content (AvgIpc) is 2.92. The molecule has 1 amide bonds. The fourth-order valence-electron chi connectivity index (χ4n) is 3.11. The number of nitrogen functional groups attached to an aromatic ring is 1. The molecule has 1 aliphatic heterocycles. The molecule has 1 atom stereocenters. The minimum absolute atomic E-state index is 0.0131. The number of hydrogen-bond donors (Lipinski definition) is 2. The van der Waals surface area contributed by atoms with Gasteiger partial charge in [0.2, 0.25) is 5.91 Å². The lowest BCUT2D eigenvalue weighted by atomic mass is 10.1. The predicted molar refractivity (Wildman–Crippen MR) is 102 cm³/mol. The van der Waals surface area contributed by atoms with Gasteiger partial charge in [-0.25, -0.2) is 9.97 Å². The Labute approximate surface area is 158 Å². The van der Waals surface area contributed by atoms with E-state index in [-0.39, 0.29) is 24.5 Å². The van der Waals surface area contributed by atoms with Gasteiger partial charge in [0.1, 0.15) is 17.7 Å². The van der Waals surface area contributed by atoms with Crippen molar-refractivity contribution in [3.05, 3.63) is 30.1 Å². The van der Waals surface area contributed by atoms with Gasteiger partial charge in [-0.05, 0) is 44.9 Å². The number of anilines is 1. The zero-order valence-electron chi connectivity index (χ0n) is 15.9. The van der Waals surface area contributed by atoms with Crippen LogP contribution < -0.4 is 11.1 Å². The lowest BCUT2D eigenvalue weighted by molar-refractivity contribution is -0.153. The van der Waals surface area contributed by atoms with E-state index >= 15 is 0 Å². The Kier molecular flexibility index (Phi) is 5.27. The normalized spacial score (nSPS) is 17.5. The maximum atomic E-state index is 12.6. The van der Waals surface area contributed by atoms with Crippen LogP contribution >= 0.6 is 0 Å². The molecule has 1 aromatic heterocycles. The van der Waals surface area contributed by atoms with E-state index in [4.69, 9.17) is 10.5 Å². The summed E-state index contributed by atoms with van der Waals surface area (Å²) in [5.74, 6) is 0.0663. The highest BCUT2D eigenvalue weighted by molar-refractivity contribution is 5.88. The van der Waals surface area contributed by atoms with Crippen molar-refractivity contribution in [3.8, 4) is 0 Å². The van der Waals surface area contributed by atoms with Crippen LogP contribution in [0.5, 0.6) is 0 Å². The van der Waals surface area contributed by atoms with Gasteiger partial charge < -0.3 is 15.4 Å². The van der Waals surface area contributed by atoms with E-state index in [0.29, 0.717) is 25.3 Å². The third-order valence-corrected chi connectivity index (χ3v) is 4.32. The second kappa shape index (κ2) is 7.48. The Morgan fingerprint density at radius 2 is 2.15 bits per heavy atom.